The average molecular weight is 493 g/mol. The summed E-state index contributed by atoms with van der Waals surface area (Å²) in [7, 11) is 0. The third-order valence-corrected chi connectivity index (χ3v) is 7.48. The molecular formula is C34H24N2O2. The highest BCUT2D eigenvalue weighted by Gasteiger charge is 2.33. The second-order valence-electron chi connectivity index (χ2n) is 9.66. The SMILES string of the molecule is O=C(C(Cc1ccccc1)C(=O)n1c2ccccc2c2ccccc21)n1c2ccccc2c2ccccc21. The van der Waals surface area contributed by atoms with E-state index in [-0.39, 0.29) is 11.8 Å². The van der Waals surface area contributed by atoms with Crippen LogP contribution in [0.3, 0.4) is 0 Å². The first-order valence-corrected chi connectivity index (χ1v) is 12.8. The third kappa shape index (κ3) is 3.38. The lowest BCUT2D eigenvalue weighted by Gasteiger charge is -2.19. The smallest absolute Gasteiger partial charge is 0.244 e. The Morgan fingerprint density at radius 3 is 1.13 bits per heavy atom. The number of benzene rings is 5. The van der Waals surface area contributed by atoms with Gasteiger partial charge in [0.15, 0.2) is 0 Å². The van der Waals surface area contributed by atoms with Gasteiger partial charge in [-0.15, -0.1) is 0 Å². The third-order valence-electron chi connectivity index (χ3n) is 7.48. The van der Waals surface area contributed by atoms with Crippen LogP contribution in [0.5, 0.6) is 0 Å². The molecule has 182 valence electrons. The van der Waals surface area contributed by atoms with Gasteiger partial charge in [0.2, 0.25) is 11.8 Å². The summed E-state index contributed by atoms with van der Waals surface area (Å²) in [6.07, 6.45) is 0.306. The molecule has 0 aliphatic rings. The first kappa shape index (κ1) is 22.3. The predicted molar refractivity (Wildman–Crippen MR) is 154 cm³/mol. The van der Waals surface area contributed by atoms with Gasteiger partial charge in [0.05, 0.1) is 22.1 Å². The van der Waals surface area contributed by atoms with E-state index in [9.17, 15) is 9.59 Å². The number of rotatable bonds is 4. The fourth-order valence-electron chi connectivity index (χ4n) is 5.76. The molecule has 5 aromatic carbocycles. The number of para-hydroxylation sites is 4. The van der Waals surface area contributed by atoms with E-state index in [0.29, 0.717) is 6.42 Å². The van der Waals surface area contributed by atoms with E-state index in [1.165, 1.54) is 0 Å². The molecule has 0 unspecified atom stereocenters. The normalized spacial score (nSPS) is 11.7. The quantitative estimate of drug-likeness (QED) is 0.236. The molecule has 0 fully saturated rings. The fraction of sp³-hybridized carbons (Fsp3) is 0.0588. The molecule has 0 N–H and O–H groups in total. The molecule has 0 spiro atoms. The Labute approximate surface area is 219 Å². The number of fused-ring (bicyclic) bond motifs is 6. The van der Waals surface area contributed by atoms with E-state index in [0.717, 1.165) is 49.2 Å². The standard InChI is InChI=1S/C34H24N2O2/c37-33(35-29-18-8-4-14-24(29)25-15-5-9-19-30(25)35)28(22-23-12-2-1-3-13-23)34(38)36-31-20-10-6-16-26(31)27-17-7-11-21-32(27)36/h1-21,28H,22H2. The van der Waals surface area contributed by atoms with Crippen molar-refractivity contribution in [2.24, 2.45) is 5.92 Å². The summed E-state index contributed by atoms with van der Waals surface area (Å²) in [5.41, 5.74) is 4.19. The van der Waals surface area contributed by atoms with E-state index < -0.39 is 5.92 Å². The maximum atomic E-state index is 14.6. The molecule has 0 radical (unpaired) electrons. The summed E-state index contributed by atoms with van der Waals surface area (Å²) in [5.74, 6) is -1.37. The largest absolute Gasteiger partial charge is 0.279 e. The fourth-order valence-corrected chi connectivity index (χ4v) is 5.76. The van der Waals surface area contributed by atoms with E-state index >= 15 is 0 Å². The summed E-state index contributed by atoms with van der Waals surface area (Å²) < 4.78 is 3.48. The van der Waals surface area contributed by atoms with Gasteiger partial charge in [0.1, 0.15) is 5.92 Å². The Kier molecular flexibility index (Phi) is 5.19. The van der Waals surface area contributed by atoms with E-state index in [1.54, 1.807) is 9.13 Å². The number of carbonyl (C=O) groups excluding carboxylic acids is 2. The molecule has 0 saturated heterocycles. The van der Waals surface area contributed by atoms with Gasteiger partial charge in [0.25, 0.3) is 0 Å². The summed E-state index contributed by atoms with van der Waals surface area (Å²) in [6.45, 7) is 0. The summed E-state index contributed by atoms with van der Waals surface area (Å²) in [4.78, 5) is 29.2. The Bertz CT molecular complexity index is 1760. The van der Waals surface area contributed by atoms with Crippen LogP contribution in [0.4, 0.5) is 0 Å². The van der Waals surface area contributed by atoms with E-state index in [2.05, 4.69) is 0 Å². The van der Waals surface area contributed by atoms with Crippen LogP contribution < -0.4 is 0 Å². The lowest BCUT2D eigenvalue weighted by Crippen LogP contribution is -2.34. The predicted octanol–water partition coefficient (Wildman–Crippen LogP) is 7.74. The molecule has 7 aromatic rings. The van der Waals surface area contributed by atoms with Gasteiger partial charge in [-0.3, -0.25) is 18.7 Å². The van der Waals surface area contributed by atoms with Crippen molar-refractivity contribution in [1.29, 1.82) is 0 Å². The molecule has 7 rings (SSSR count). The van der Waals surface area contributed by atoms with Crippen molar-refractivity contribution in [2.45, 2.75) is 6.42 Å². The van der Waals surface area contributed by atoms with Crippen molar-refractivity contribution in [3.63, 3.8) is 0 Å². The van der Waals surface area contributed by atoms with Crippen LogP contribution >= 0.6 is 0 Å². The molecule has 4 nitrogen and oxygen atoms in total. The van der Waals surface area contributed by atoms with E-state index in [4.69, 9.17) is 0 Å². The molecule has 4 heteroatoms. The monoisotopic (exact) mass is 492 g/mol. The Morgan fingerprint density at radius 1 is 0.447 bits per heavy atom. The molecule has 0 atom stereocenters. The van der Waals surface area contributed by atoms with E-state index in [1.807, 2.05) is 127 Å². The van der Waals surface area contributed by atoms with Crippen molar-refractivity contribution in [2.75, 3.05) is 0 Å². The van der Waals surface area contributed by atoms with Gasteiger partial charge in [-0.2, -0.15) is 0 Å². The zero-order chi connectivity index (χ0) is 25.6. The van der Waals surface area contributed by atoms with Crippen LogP contribution in [-0.2, 0) is 6.42 Å². The number of hydrogen-bond acceptors (Lipinski definition) is 2. The zero-order valence-corrected chi connectivity index (χ0v) is 20.6. The van der Waals surface area contributed by atoms with Gasteiger partial charge in [-0.25, -0.2) is 0 Å². The minimum absolute atomic E-state index is 0.224. The summed E-state index contributed by atoms with van der Waals surface area (Å²) in [6, 6.07) is 41.4. The van der Waals surface area contributed by atoms with Gasteiger partial charge in [-0.1, -0.05) is 103 Å². The van der Waals surface area contributed by atoms with Gasteiger partial charge < -0.3 is 0 Å². The van der Waals surface area contributed by atoms with Crippen LogP contribution in [-0.4, -0.2) is 20.9 Å². The lowest BCUT2D eigenvalue weighted by atomic mass is 9.97. The van der Waals surface area contributed by atoms with Crippen LogP contribution in [0.1, 0.15) is 15.2 Å². The van der Waals surface area contributed by atoms with Crippen molar-refractivity contribution in [1.82, 2.24) is 9.13 Å². The first-order valence-electron chi connectivity index (χ1n) is 12.8. The maximum absolute atomic E-state index is 14.6. The highest BCUT2D eigenvalue weighted by molar-refractivity contribution is 6.19. The number of aromatic nitrogens is 2. The molecule has 0 amide bonds. The average Bonchev–Trinajstić information content (AvgIpc) is 3.49. The molecule has 0 bridgehead atoms. The second-order valence-corrected chi connectivity index (χ2v) is 9.66. The zero-order valence-electron chi connectivity index (χ0n) is 20.6. The topological polar surface area (TPSA) is 44.0 Å². The van der Waals surface area contributed by atoms with Crippen molar-refractivity contribution in [3.05, 3.63) is 133 Å². The van der Waals surface area contributed by atoms with Gasteiger partial charge in [-0.05, 0) is 36.2 Å². The first-order chi connectivity index (χ1) is 18.7. The molecular weight excluding hydrogens is 468 g/mol. The Morgan fingerprint density at radius 2 is 0.763 bits per heavy atom. The number of carbonyl (C=O) groups is 2. The Hall–Kier alpha value is -4.96. The lowest BCUT2D eigenvalue weighted by molar-refractivity contribution is 0.0719. The van der Waals surface area contributed by atoms with Crippen molar-refractivity contribution in [3.8, 4) is 0 Å². The number of hydrogen-bond donors (Lipinski definition) is 0. The molecule has 0 aliphatic heterocycles. The molecule has 0 saturated carbocycles. The Balaban J connectivity index is 1.47. The minimum Gasteiger partial charge on any atom is -0.279 e. The highest BCUT2D eigenvalue weighted by atomic mass is 16.2. The van der Waals surface area contributed by atoms with Crippen molar-refractivity contribution >= 4 is 55.4 Å². The molecule has 0 aliphatic carbocycles. The van der Waals surface area contributed by atoms with Crippen LogP contribution in [0.25, 0.3) is 43.6 Å². The minimum atomic E-state index is -0.921. The summed E-state index contributed by atoms with van der Waals surface area (Å²) >= 11 is 0. The van der Waals surface area contributed by atoms with Crippen LogP contribution in [0, 0.1) is 5.92 Å². The van der Waals surface area contributed by atoms with Crippen LogP contribution in [0.2, 0.25) is 0 Å². The maximum Gasteiger partial charge on any atom is 0.244 e. The second kappa shape index (κ2) is 8.86. The van der Waals surface area contributed by atoms with Crippen molar-refractivity contribution < 1.29 is 9.59 Å². The highest BCUT2D eigenvalue weighted by Crippen LogP contribution is 2.33. The number of nitrogens with zero attached hydrogens (tertiary/aromatic N) is 2. The van der Waals surface area contributed by atoms with Crippen LogP contribution in [0.15, 0.2) is 127 Å². The molecule has 2 aromatic heterocycles. The van der Waals surface area contributed by atoms with Gasteiger partial charge >= 0.3 is 0 Å². The molecule has 38 heavy (non-hydrogen) atoms. The molecule has 2 heterocycles. The van der Waals surface area contributed by atoms with Gasteiger partial charge in [0, 0.05) is 21.5 Å². The summed E-state index contributed by atoms with van der Waals surface area (Å²) in [5, 5.41) is 4.00.